The number of anilines is 1. The zero-order chi connectivity index (χ0) is 18.1. The normalized spacial score (nSPS) is 12.3. The van der Waals surface area contributed by atoms with Crippen molar-refractivity contribution in [2.75, 3.05) is 5.73 Å². The van der Waals surface area contributed by atoms with Gasteiger partial charge in [0, 0.05) is 22.0 Å². The van der Waals surface area contributed by atoms with Crippen LogP contribution < -0.4 is 11.1 Å². The van der Waals surface area contributed by atoms with Crippen LogP contribution in [0.4, 0.5) is 5.95 Å². The molecule has 0 aliphatic heterocycles. The lowest BCUT2D eigenvalue weighted by Crippen LogP contribution is -2.29. The molecule has 2 aromatic heterocycles. The number of fused-ring (bicyclic) bond motifs is 1. The molecule has 7 nitrogen and oxygen atoms in total. The van der Waals surface area contributed by atoms with Crippen LogP contribution >= 0.6 is 11.6 Å². The van der Waals surface area contributed by atoms with Gasteiger partial charge in [0.2, 0.25) is 11.9 Å². The fourth-order valence-electron chi connectivity index (χ4n) is 2.84. The number of carbonyl (C=O) groups is 1. The van der Waals surface area contributed by atoms with Gasteiger partial charge in [0.15, 0.2) is 0 Å². The quantitative estimate of drug-likeness (QED) is 0.746. The van der Waals surface area contributed by atoms with E-state index in [1.807, 2.05) is 39.0 Å². The van der Waals surface area contributed by atoms with Crippen molar-refractivity contribution in [3.8, 4) is 0 Å². The molecule has 3 rings (SSSR count). The molecule has 0 aliphatic rings. The number of nitrogens with zero attached hydrogens (tertiary/aromatic N) is 4. The molecule has 0 fully saturated rings. The number of benzene rings is 1. The van der Waals surface area contributed by atoms with Crippen LogP contribution in [0.1, 0.15) is 35.5 Å². The molecule has 1 aromatic carbocycles. The van der Waals surface area contributed by atoms with Crippen molar-refractivity contribution in [3.05, 3.63) is 51.8 Å². The lowest BCUT2D eigenvalue weighted by molar-refractivity contribution is -0.121. The number of hydrogen-bond acceptors (Lipinski definition) is 5. The number of rotatable bonds is 4. The number of aromatic nitrogens is 4. The number of aryl methyl sites for hydroxylation is 2. The Labute approximate surface area is 150 Å². The average Bonchev–Trinajstić information content (AvgIpc) is 2.92. The zero-order valence-electron chi connectivity index (χ0n) is 14.2. The van der Waals surface area contributed by atoms with Gasteiger partial charge in [-0.3, -0.25) is 4.79 Å². The van der Waals surface area contributed by atoms with Crippen molar-refractivity contribution in [2.24, 2.45) is 0 Å². The number of carbonyl (C=O) groups excluding carboxylic acids is 1. The second-order valence-electron chi connectivity index (χ2n) is 5.93. The van der Waals surface area contributed by atoms with Gasteiger partial charge in [0.1, 0.15) is 0 Å². The minimum absolute atomic E-state index is 0.118. The first kappa shape index (κ1) is 17.2. The van der Waals surface area contributed by atoms with Crippen molar-refractivity contribution in [2.45, 2.75) is 33.2 Å². The van der Waals surface area contributed by atoms with Gasteiger partial charge in [-0.15, -0.1) is 5.10 Å². The molecular formula is C17H19ClN6O. The highest BCUT2D eigenvalue weighted by Crippen LogP contribution is 2.22. The molecular weight excluding hydrogens is 340 g/mol. The van der Waals surface area contributed by atoms with Crippen molar-refractivity contribution < 1.29 is 4.79 Å². The summed E-state index contributed by atoms with van der Waals surface area (Å²) in [6.07, 6.45) is 0.190. The Bertz CT molecular complexity index is 952. The van der Waals surface area contributed by atoms with Crippen LogP contribution in [-0.2, 0) is 11.2 Å². The van der Waals surface area contributed by atoms with Crippen LogP contribution in [0.15, 0.2) is 24.3 Å². The molecule has 2 heterocycles. The topological polar surface area (TPSA) is 98.2 Å². The maximum absolute atomic E-state index is 12.5. The SMILES string of the molecule is Cc1nc2nc(N)nn2c(C)c1CC(=O)N[C@@H](C)c1ccccc1Cl. The Hall–Kier alpha value is -2.67. The fraction of sp³-hybridized carbons (Fsp3) is 0.294. The summed E-state index contributed by atoms with van der Waals surface area (Å²) in [7, 11) is 0. The maximum atomic E-state index is 12.5. The molecule has 25 heavy (non-hydrogen) atoms. The summed E-state index contributed by atoms with van der Waals surface area (Å²) in [5.74, 6) is 0.470. The number of hydrogen-bond donors (Lipinski definition) is 2. The van der Waals surface area contributed by atoms with Crippen LogP contribution in [0.5, 0.6) is 0 Å². The summed E-state index contributed by atoms with van der Waals surface area (Å²) in [6.45, 7) is 5.62. The van der Waals surface area contributed by atoms with Gasteiger partial charge in [-0.25, -0.2) is 4.98 Å². The average molecular weight is 359 g/mol. The first-order valence-electron chi connectivity index (χ1n) is 7.89. The van der Waals surface area contributed by atoms with Crippen molar-refractivity contribution in [1.82, 2.24) is 24.9 Å². The van der Waals surface area contributed by atoms with Crippen LogP contribution in [0.25, 0.3) is 5.78 Å². The molecule has 130 valence electrons. The van der Waals surface area contributed by atoms with Gasteiger partial charge in [0.05, 0.1) is 12.5 Å². The van der Waals surface area contributed by atoms with Crippen LogP contribution in [0.2, 0.25) is 5.02 Å². The molecule has 0 saturated carbocycles. The van der Waals surface area contributed by atoms with Crippen molar-refractivity contribution >= 4 is 29.2 Å². The Morgan fingerprint density at radius 3 is 2.76 bits per heavy atom. The number of nitrogens with two attached hydrogens (primary N) is 1. The van der Waals surface area contributed by atoms with E-state index in [9.17, 15) is 4.79 Å². The van der Waals surface area contributed by atoms with Gasteiger partial charge < -0.3 is 11.1 Å². The van der Waals surface area contributed by atoms with E-state index in [0.29, 0.717) is 10.8 Å². The lowest BCUT2D eigenvalue weighted by Gasteiger charge is -2.17. The molecule has 3 N–H and O–H groups in total. The van der Waals surface area contributed by atoms with E-state index in [2.05, 4.69) is 20.4 Å². The Morgan fingerprint density at radius 1 is 1.32 bits per heavy atom. The molecule has 1 atom stereocenters. The maximum Gasteiger partial charge on any atom is 0.254 e. The molecule has 0 radical (unpaired) electrons. The van der Waals surface area contributed by atoms with E-state index in [-0.39, 0.29) is 24.3 Å². The van der Waals surface area contributed by atoms with Crippen molar-refractivity contribution in [3.63, 3.8) is 0 Å². The molecule has 0 spiro atoms. The Kier molecular flexibility index (Phi) is 4.59. The van der Waals surface area contributed by atoms with Crippen molar-refractivity contribution in [1.29, 1.82) is 0 Å². The third-order valence-corrected chi connectivity index (χ3v) is 4.50. The molecule has 3 aromatic rings. The van der Waals surface area contributed by atoms with Gasteiger partial charge in [-0.2, -0.15) is 9.50 Å². The van der Waals surface area contributed by atoms with Crippen LogP contribution in [-0.4, -0.2) is 25.5 Å². The van der Waals surface area contributed by atoms with Gasteiger partial charge in [-0.1, -0.05) is 29.8 Å². The molecule has 0 aliphatic carbocycles. The predicted molar refractivity (Wildman–Crippen MR) is 96.4 cm³/mol. The minimum atomic E-state index is -0.194. The first-order chi connectivity index (χ1) is 11.9. The molecule has 0 saturated heterocycles. The van der Waals surface area contributed by atoms with E-state index in [1.54, 1.807) is 10.6 Å². The van der Waals surface area contributed by atoms with E-state index < -0.39 is 0 Å². The summed E-state index contributed by atoms with van der Waals surface area (Å²) in [5, 5.41) is 7.71. The molecule has 0 unspecified atom stereocenters. The summed E-state index contributed by atoms with van der Waals surface area (Å²) in [6, 6.07) is 7.26. The van der Waals surface area contributed by atoms with Crippen LogP contribution in [0, 0.1) is 13.8 Å². The third kappa shape index (κ3) is 3.41. The first-order valence-corrected chi connectivity index (χ1v) is 8.26. The molecule has 1 amide bonds. The van der Waals surface area contributed by atoms with Gasteiger partial charge >= 0.3 is 0 Å². The monoisotopic (exact) mass is 358 g/mol. The highest BCUT2D eigenvalue weighted by molar-refractivity contribution is 6.31. The van der Waals surface area contributed by atoms with E-state index >= 15 is 0 Å². The third-order valence-electron chi connectivity index (χ3n) is 4.15. The van der Waals surface area contributed by atoms with Crippen LogP contribution in [0.3, 0.4) is 0 Å². The summed E-state index contributed by atoms with van der Waals surface area (Å²) >= 11 is 6.19. The summed E-state index contributed by atoms with van der Waals surface area (Å²) in [4.78, 5) is 20.9. The second kappa shape index (κ2) is 6.68. The number of nitrogens with one attached hydrogen (secondary N) is 1. The zero-order valence-corrected chi connectivity index (χ0v) is 15.0. The van der Waals surface area contributed by atoms with E-state index in [0.717, 1.165) is 22.5 Å². The fourth-order valence-corrected chi connectivity index (χ4v) is 3.14. The Morgan fingerprint density at radius 2 is 2.04 bits per heavy atom. The highest BCUT2D eigenvalue weighted by atomic mass is 35.5. The van der Waals surface area contributed by atoms with E-state index in [4.69, 9.17) is 17.3 Å². The van der Waals surface area contributed by atoms with Gasteiger partial charge in [0.25, 0.3) is 5.78 Å². The molecule has 0 bridgehead atoms. The second-order valence-corrected chi connectivity index (χ2v) is 6.34. The largest absolute Gasteiger partial charge is 0.366 e. The summed E-state index contributed by atoms with van der Waals surface area (Å²) in [5.41, 5.74) is 8.85. The molecule has 8 heteroatoms. The Balaban J connectivity index is 1.81. The number of nitrogen functional groups attached to an aromatic ring is 1. The van der Waals surface area contributed by atoms with E-state index in [1.165, 1.54) is 0 Å². The summed E-state index contributed by atoms with van der Waals surface area (Å²) < 4.78 is 1.56. The number of halogens is 1. The minimum Gasteiger partial charge on any atom is -0.366 e. The smallest absolute Gasteiger partial charge is 0.254 e. The number of amides is 1. The predicted octanol–water partition coefficient (Wildman–Crippen LogP) is 2.40. The van der Waals surface area contributed by atoms with Gasteiger partial charge in [-0.05, 0) is 32.4 Å². The highest BCUT2D eigenvalue weighted by Gasteiger charge is 2.17. The lowest BCUT2D eigenvalue weighted by atomic mass is 10.1. The standard InChI is InChI=1S/C17H19ClN6O/c1-9(12-6-4-5-7-14(12)18)20-15(25)8-13-10(2)21-17-22-16(19)23-24(17)11(13)3/h4-7,9H,8H2,1-3H3,(H2,19,23)(H,20,25)/t9-/m0/s1.